The van der Waals surface area contributed by atoms with Gasteiger partial charge in [-0.3, -0.25) is 4.79 Å². The second kappa shape index (κ2) is 7.94. The van der Waals surface area contributed by atoms with Gasteiger partial charge in [-0.1, -0.05) is 40.2 Å². The Morgan fingerprint density at radius 2 is 1.64 bits per heavy atom. The van der Waals surface area contributed by atoms with E-state index in [1.54, 1.807) is 42.5 Å². The van der Waals surface area contributed by atoms with E-state index in [1.165, 1.54) is 6.07 Å². The van der Waals surface area contributed by atoms with Gasteiger partial charge < -0.3 is 10.6 Å². The molecule has 0 saturated carbocycles. The van der Waals surface area contributed by atoms with Crippen molar-refractivity contribution in [3.8, 4) is 0 Å². The van der Waals surface area contributed by atoms with Gasteiger partial charge in [0.15, 0.2) is 0 Å². The molecule has 126 valence electrons. The molecule has 0 aromatic heterocycles. The number of carbonyl (C=O) groups is 1. The molecule has 0 aliphatic carbocycles. The van der Waals surface area contributed by atoms with Gasteiger partial charge in [0, 0.05) is 33.5 Å². The topological polar surface area (TPSA) is 41.1 Å². The Bertz CT molecular complexity index is 881. The SMILES string of the molecule is O=C(Nc1ccc(NCc2ccccc2F)cc1)c1cccc(Br)c1. The first-order valence-corrected chi connectivity index (χ1v) is 8.55. The van der Waals surface area contributed by atoms with E-state index in [0.717, 1.165) is 10.2 Å². The summed E-state index contributed by atoms with van der Waals surface area (Å²) in [5, 5.41) is 6.01. The number of nitrogens with one attached hydrogen (secondary N) is 2. The maximum atomic E-state index is 13.6. The molecule has 3 nitrogen and oxygen atoms in total. The average Bonchev–Trinajstić information content (AvgIpc) is 2.62. The van der Waals surface area contributed by atoms with Crippen LogP contribution in [0.15, 0.2) is 77.3 Å². The summed E-state index contributed by atoms with van der Waals surface area (Å²) in [4.78, 5) is 12.2. The number of hydrogen-bond acceptors (Lipinski definition) is 2. The molecule has 3 rings (SSSR count). The molecule has 0 fully saturated rings. The molecular formula is C20H16BrFN2O. The zero-order valence-corrected chi connectivity index (χ0v) is 14.9. The zero-order chi connectivity index (χ0) is 17.6. The number of anilines is 2. The monoisotopic (exact) mass is 398 g/mol. The minimum atomic E-state index is -0.229. The third-order valence-corrected chi connectivity index (χ3v) is 4.16. The summed E-state index contributed by atoms with van der Waals surface area (Å²) >= 11 is 3.35. The number of carbonyl (C=O) groups excluding carboxylic acids is 1. The van der Waals surface area contributed by atoms with Crippen molar-refractivity contribution in [1.82, 2.24) is 0 Å². The van der Waals surface area contributed by atoms with E-state index >= 15 is 0 Å². The Kier molecular flexibility index (Phi) is 5.46. The summed E-state index contributed by atoms with van der Waals surface area (Å²) in [6.07, 6.45) is 0. The van der Waals surface area contributed by atoms with Crippen molar-refractivity contribution in [3.05, 3.63) is 94.2 Å². The minimum Gasteiger partial charge on any atom is -0.381 e. The summed E-state index contributed by atoms with van der Waals surface area (Å²) in [6.45, 7) is 0.399. The number of hydrogen-bond donors (Lipinski definition) is 2. The third kappa shape index (κ3) is 4.67. The molecule has 1 amide bonds. The quantitative estimate of drug-likeness (QED) is 0.599. The molecule has 0 heterocycles. The molecule has 0 aliphatic rings. The van der Waals surface area contributed by atoms with E-state index in [0.29, 0.717) is 23.4 Å². The summed E-state index contributed by atoms with van der Waals surface area (Å²) < 4.78 is 14.5. The van der Waals surface area contributed by atoms with Gasteiger partial charge in [0.25, 0.3) is 5.91 Å². The third-order valence-electron chi connectivity index (χ3n) is 3.67. The van der Waals surface area contributed by atoms with Gasteiger partial charge in [0.2, 0.25) is 0 Å². The Hall–Kier alpha value is -2.66. The van der Waals surface area contributed by atoms with Gasteiger partial charge in [0.1, 0.15) is 5.82 Å². The van der Waals surface area contributed by atoms with Crippen LogP contribution in [0.25, 0.3) is 0 Å². The molecular weight excluding hydrogens is 383 g/mol. The Balaban J connectivity index is 1.60. The number of rotatable bonds is 5. The maximum absolute atomic E-state index is 13.6. The predicted octanol–water partition coefficient (Wildman–Crippen LogP) is 5.45. The van der Waals surface area contributed by atoms with Crippen LogP contribution >= 0.6 is 15.9 Å². The fourth-order valence-electron chi connectivity index (χ4n) is 2.34. The molecule has 0 aliphatic heterocycles. The van der Waals surface area contributed by atoms with Crippen molar-refractivity contribution in [2.75, 3.05) is 10.6 Å². The molecule has 2 N–H and O–H groups in total. The van der Waals surface area contributed by atoms with Crippen LogP contribution in [0.4, 0.5) is 15.8 Å². The highest BCUT2D eigenvalue weighted by Crippen LogP contribution is 2.17. The average molecular weight is 399 g/mol. The molecule has 5 heteroatoms. The summed E-state index contributed by atoms with van der Waals surface area (Å²) in [5.41, 5.74) is 2.73. The first-order valence-electron chi connectivity index (χ1n) is 7.76. The van der Waals surface area contributed by atoms with E-state index in [-0.39, 0.29) is 11.7 Å². The van der Waals surface area contributed by atoms with Gasteiger partial charge in [-0.2, -0.15) is 0 Å². The number of amides is 1. The van der Waals surface area contributed by atoms with Crippen LogP contribution in [-0.2, 0) is 6.54 Å². The van der Waals surface area contributed by atoms with Crippen molar-refractivity contribution in [1.29, 1.82) is 0 Å². The standard InChI is InChI=1S/C20H16BrFN2O/c21-16-6-3-5-14(12-16)20(25)24-18-10-8-17(9-11-18)23-13-15-4-1-2-7-19(15)22/h1-12,23H,13H2,(H,24,25). The first kappa shape index (κ1) is 17.2. The van der Waals surface area contributed by atoms with Crippen molar-refractivity contribution < 1.29 is 9.18 Å². The van der Waals surface area contributed by atoms with Crippen LogP contribution in [0.2, 0.25) is 0 Å². The smallest absolute Gasteiger partial charge is 0.255 e. The Morgan fingerprint density at radius 3 is 2.36 bits per heavy atom. The van der Waals surface area contributed by atoms with Crippen LogP contribution in [0.5, 0.6) is 0 Å². The van der Waals surface area contributed by atoms with Crippen molar-refractivity contribution in [2.45, 2.75) is 6.54 Å². The predicted molar refractivity (Wildman–Crippen MR) is 102 cm³/mol. The lowest BCUT2D eigenvalue weighted by atomic mass is 10.2. The van der Waals surface area contributed by atoms with Crippen molar-refractivity contribution in [2.24, 2.45) is 0 Å². The van der Waals surface area contributed by atoms with Crippen LogP contribution in [0, 0.1) is 5.82 Å². The van der Waals surface area contributed by atoms with Crippen LogP contribution in [-0.4, -0.2) is 5.91 Å². The van der Waals surface area contributed by atoms with E-state index in [9.17, 15) is 9.18 Å². The Labute approximate surface area is 154 Å². The van der Waals surface area contributed by atoms with E-state index in [4.69, 9.17) is 0 Å². The molecule has 0 unspecified atom stereocenters. The van der Waals surface area contributed by atoms with E-state index in [1.807, 2.05) is 24.3 Å². The van der Waals surface area contributed by atoms with Crippen LogP contribution in [0.1, 0.15) is 15.9 Å². The van der Waals surface area contributed by atoms with Crippen molar-refractivity contribution in [3.63, 3.8) is 0 Å². The lowest BCUT2D eigenvalue weighted by molar-refractivity contribution is 0.102. The fourth-order valence-corrected chi connectivity index (χ4v) is 2.74. The summed E-state index contributed by atoms with van der Waals surface area (Å²) in [6, 6.07) is 21.2. The highest BCUT2D eigenvalue weighted by Gasteiger charge is 2.06. The number of benzene rings is 3. The second-order valence-electron chi connectivity index (χ2n) is 5.49. The molecule has 0 saturated heterocycles. The zero-order valence-electron chi connectivity index (χ0n) is 13.3. The molecule has 25 heavy (non-hydrogen) atoms. The van der Waals surface area contributed by atoms with Gasteiger partial charge in [-0.25, -0.2) is 4.39 Å². The Morgan fingerprint density at radius 1 is 0.920 bits per heavy atom. The van der Waals surface area contributed by atoms with E-state index < -0.39 is 0 Å². The molecule has 0 spiro atoms. The van der Waals surface area contributed by atoms with Crippen LogP contribution < -0.4 is 10.6 Å². The normalized spacial score (nSPS) is 10.3. The first-order chi connectivity index (χ1) is 12.1. The largest absolute Gasteiger partial charge is 0.381 e. The lowest BCUT2D eigenvalue weighted by Gasteiger charge is -2.09. The van der Waals surface area contributed by atoms with Gasteiger partial charge in [-0.15, -0.1) is 0 Å². The van der Waals surface area contributed by atoms with Gasteiger partial charge in [-0.05, 0) is 48.5 Å². The van der Waals surface area contributed by atoms with Crippen LogP contribution in [0.3, 0.4) is 0 Å². The highest BCUT2D eigenvalue weighted by atomic mass is 79.9. The summed E-state index contributed by atoms with van der Waals surface area (Å²) in [5.74, 6) is -0.402. The second-order valence-corrected chi connectivity index (χ2v) is 6.40. The molecule has 3 aromatic carbocycles. The summed E-state index contributed by atoms with van der Waals surface area (Å²) in [7, 11) is 0. The van der Waals surface area contributed by atoms with Gasteiger partial charge in [0.05, 0.1) is 0 Å². The maximum Gasteiger partial charge on any atom is 0.255 e. The molecule has 0 bridgehead atoms. The van der Waals surface area contributed by atoms with Gasteiger partial charge >= 0.3 is 0 Å². The minimum absolute atomic E-state index is 0.173. The number of halogens is 2. The van der Waals surface area contributed by atoms with Crippen molar-refractivity contribution >= 4 is 33.2 Å². The lowest BCUT2D eigenvalue weighted by Crippen LogP contribution is -2.11. The highest BCUT2D eigenvalue weighted by molar-refractivity contribution is 9.10. The van der Waals surface area contributed by atoms with E-state index in [2.05, 4.69) is 26.6 Å². The molecule has 0 atom stereocenters. The molecule has 0 radical (unpaired) electrons. The fraction of sp³-hybridized carbons (Fsp3) is 0.0500. The molecule has 3 aromatic rings.